The van der Waals surface area contributed by atoms with Crippen LogP contribution in [0.25, 0.3) is 21.8 Å². The number of pyridine rings is 1. The van der Waals surface area contributed by atoms with Gasteiger partial charge in [-0.2, -0.15) is 0 Å². The minimum absolute atomic E-state index is 1.04. The molecule has 0 aliphatic heterocycles. The highest BCUT2D eigenvalue weighted by molar-refractivity contribution is 6.03. The SMILES string of the molecule is Cc1cc2ccc3cccnc3c2n1CCCN(C)C. The molecule has 0 N–H and O–H groups in total. The number of aromatic nitrogens is 2. The highest BCUT2D eigenvalue weighted by Crippen LogP contribution is 2.27. The topological polar surface area (TPSA) is 21.1 Å². The van der Waals surface area contributed by atoms with Gasteiger partial charge in [-0.25, -0.2) is 0 Å². The Morgan fingerprint density at radius 3 is 2.75 bits per heavy atom. The summed E-state index contributed by atoms with van der Waals surface area (Å²) in [5, 5.41) is 2.51. The molecule has 3 nitrogen and oxygen atoms in total. The molecule has 2 heterocycles. The van der Waals surface area contributed by atoms with E-state index in [9.17, 15) is 0 Å². The van der Waals surface area contributed by atoms with E-state index in [4.69, 9.17) is 0 Å². The van der Waals surface area contributed by atoms with Crippen molar-refractivity contribution in [2.75, 3.05) is 20.6 Å². The van der Waals surface area contributed by atoms with Crippen LogP contribution in [0.3, 0.4) is 0 Å². The molecule has 3 aromatic rings. The molecular weight excluding hydrogens is 246 g/mol. The zero-order valence-electron chi connectivity index (χ0n) is 12.4. The highest BCUT2D eigenvalue weighted by Gasteiger charge is 2.09. The zero-order valence-corrected chi connectivity index (χ0v) is 12.4. The van der Waals surface area contributed by atoms with Gasteiger partial charge in [0.2, 0.25) is 0 Å². The van der Waals surface area contributed by atoms with Crippen LogP contribution in [0, 0.1) is 6.92 Å². The van der Waals surface area contributed by atoms with E-state index >= 15 is 0 Å². The first-order valence-corrected chi connectivity index (χ1v) is 7.15. The first kappa shape index (κ1) is 13.1. The van der Waals surface area contributed by atoms with Crippen molar-refractivity contribution in [3.05, 3.63) is 42.2 Å². The minimum atomic E-state index is 1.04. The lowest BCUT2D eigenvalue weighted by Gasteiger charge is -2.12. The van der Waals surface area contributed by atoms with Crippen LogP contribution in [0.4, 0.5) is 0 Å². The van der Waals surface area contributed by atoms with Gasteiger partial charge in [0.1, 0.15) is 0 Å². The molecule has 3 rings (SSSR count). The van der Waals surface area contributed by atoms with Crippen molar-refractivity contribution in [2.45, 2.75) is 19.9 Å². The highest BCUT2D eigenvalue weighted by atomic mass is 15.1. The van der Waals surface area contributed by atoms with Gasteiger partial charge in [0.25, 0.3) is 0 Å². The number of benzene rings is 1. The van der Waals surface area contributed by atoms with Gasteiger partial charge in [-0.15, -0.1) is 0 Å². The van der Waals surface area contributed by atoms with Crippen LogP contribution in [-0.2, 0) is 6.54 Å². The summed E-state index contributed by atoms with van der Waals surface area (Å²) in [5.74, 6) is 0. The Kier molecular flexibility index (Phi) is 3.45. The van der Waals surface area contributed by atoms with Crippen LogP contribution in [0.15, 0.2) is 36.5 Å². The fraction of sp³-hybridized carbons (Fsp3) is 0.353. The smallest absolute Gasteiger partial charge is 0.0944 e. The van der Waals surface area contributed by atoms with Crippen LogP contribution < -0.4 is 0 Å². The molecule has 3 heteroatoms. The van der Waals surface area contributed by atoms with Gasteiger partial charge in [-0.3, -0.25) is 4.98 Å². The monoisotopic (exact) mass is 267 g/mol. The lowest BCUT2D eigenvalue weighted by atomic mass is 10.1. The molecule has 0 bridgehead atoms. The molecule has 0 radical (unpaired) electrons. The second kappa shape index (κ2) is 5.25. The molecule has 20 heavy (non-hydrogen) atoms. The maximum Gasteiger partial charge on any atom is 0.0944 e. The lowest BCUT2D eigenvalue weighted by molar-refractivity contribution is 0.387. The van der Waals surface area contributed by atoms with Gasteiger partial charge in [0.15, 0.2) is 0 Å². The molecule has 0 saturated carbocycles. The molecule has 0 unspecified atom stereocenters. The van der Waals surface area contributed by atoms with E-state index in [1.54, 1.807) is 0 Å². The standard InChI is InChI=1S/C17H21N3/c1-13-12-15-8-7-14-6-4-9-18-16(14)17(15)20(13)11-5-10-19(2)3/h4,6-9,12H,5,10-11H2,1-3H3. The molecule has 0 aliphatic rings. The summed E-state index contributed by atoms with van der Waals surface area (Å²) in [7, 11) is 4.25. The molecule has 0 atom stereocenters. The Morgan fingerprint density at radius 2 is 1.95 bits per heavy atom. The van der Waals surface area contributed by atoms with E-state index in [1.807, 2.05) is 12.3 Å². The largest absolute Gasteiger partial charge is 0.343 e. The van der Waals surface area contributed by atoms with E-state index in [-0.39, 0.29) is 0 Å². The average molecular weight is 267 g/mol. The van der Waals surface area contributed by atoms with Gasteiger partial charge in [0.05, 0.1) is 11.0 Å². The molecule has 2 aromatic heterocycles. The third kappa shape index (κ3) is 2.29. The number of fused-ring (bicyclic) bond motifs is 3. The summed E-state index contributed by atoms with van der Waals surface area (Å²) < 4.78 is 2.41. The average Bonchev–Trinajstić information content (AvgIpc) is 2.75. The fourth-order valence-electron chi connectivity index (χ4n) is 2.86. The van der Waals surface area contributed by atoms with Crippen molar-refractivity contribution in [1.82, 2.24) is 14.5 Å². The first-order chi connectivity index (χ1) is 9.66. The van der Waals surface area contributed by atoms with Gasteiger partial charge >= 0.3 is 0 Å². The Labute approximate surface area is 119 Å². The van der Waals surface area contributed by atoms with Crippen LogP contribution >= 0.6 is 0 Å². The van der Waals surface area contributed by atoms with Gasteiger partial charge in [0, 0.05) is 29.2 Å². The van der Waals surface area contributed by atoms with Crippen molar-refractivity contribution in [1.29, 1.82) is 0 Å². The number of aryl methyl sites for hydroxylation is 2. The Bertz CT molecular complexity index is 740. The summed E-state index contributed by atoms with van der Waals surface area (Å²) in [6.07, 6.45) is 3.04. The quantitative estimate of drug-likeness (QED) is 0.722. The second-order valence-corrected chi connectivity index (χ2v) is 5.67. The van der Waals surface area contributed by atoms with Crippen LogP contribution in [0.5, 0.6) is 0 Å². The van der Waals surface area contributed by atoms with Gasteiger partial charge in [-0.05, 0) is 46.1 Å². The number of rotatable bonds is 4. The number of hydrogen-bond donors (Lipinski definition) is 0. The van der Waals surface area contributed by atoms with Crippen molar-refractivity contribution in [3.8, 4) is 0 Å². The van der Waals surface area contributed by atoms with Crippen LogP contribution in [0.1, 0.15) is 12.1 Å². The van der Waals surface area contributed by atoms with Crippen LogP contribution in [-0.4, -0.2) is 35.1 Å². The van der Waals surface area contributed by atoms with Gasteiger partial charge < -0.3 is 9.47 Å². The van der Waals surface area contributed by atoms with Crippen molar-refractivity contribution < 1.29 is 0 Å². The van der Waals surface area contributed by atoms with Crippen molar-refractivity contribution in [3.63, 3.8) is 0 Å². The van der Waals surface area contributed by atoms with E-state index in [1.165, 1.54) is 22.0 Å². The lowest BCUT2D eigenvalue weighted by Crippen LogP contribution is -2.15. The van der Waals surface area contributed by atoms with E-state index in [0.717, 1.165) is 25.0 Å². The van der Waals surface area contributed by atoms with E-state index in [0.29, 0.717) is 0 Å². The third-order valence-electron chi connectivity index (χ3n) is 3.83. The van der Waals surface area contributed by atoms with E-state index < -0.39 is 0 Å². The van der Waals surface area contributed by atoms with Crippen LogP contribution in [0.2, 0.25) is 0 Å². The summed E-state index contributed by atoms with van der Waals surface area (Å²) >= 11 is 0. The molecule has 0 spiro atoms. The Balaban J connectivity index is 2.10. The van der Waals surface area contributed by atoms with Gasteiger partial charge in [-0.1, -0.05) is 18.2 Å². The maximum atomic E-state index is 4.60. The maximum absolute atomic E-state index is 4.60. The predicted octanol–water partition coefficient (Wildman–Crippen LogP) is 3.45. The molecule has 0 saturated heterocycles. The molecule has 1 aromatic carbocycles. The normalized spacial score (nSPS) is 11.8. The van der Waals surface area contributed by atoms with Crippen molar-refractivity contribution in [2.24, 2.45) is 0 Å². The Morgan fingerprint density at radius 1 is 1.15 bits per heavy atom. The number of nitrogens with zero attached hydrogens (tertiary/aromatic N) is 3. The van der Waals surface area contributed by atoms with E-state index in [2.05, 4.69) is 59.7 Å². The van der Waals surface area contributed by atoms with Crippen molar-refractivity contribution >= 4 is 21.8 Å². The summed E-state index contributed by atoms with van der Waals surface area (Å²) in [6, 6.07) is 10.8. The predicted molar refractivity (Wildman–Crippen MR) is 85.1 cm³/mol. The summed E-state index contributed by atoms with van der Waals surface area (Å²) in [5.41, 5.74) is 3.71. The second-order valence-electron chi connectivity index (χ2n) is 5.67. The molecule has 104 valence electrons. The molecule has 0 amide bonds. The Hall–Kier alpha value is -1.87. The molecule has 0 aliphatic carbocycles. The zero-order chi connectivity index (χ0) is 14.1. The minimum Gasteiger partial charge on any atom is -0.343 e. The first-order valence-electron chi connectivity index (χ1n) is 7.15. The summed E-state index contributed by atoms with van der Waals surface area (Å²) in [6.45, 7) is 4.34. The third-order valence-corrected chi connectivity index (χ3v) is 3.83. The summed E-state index contributed by atoms with van der Waals surface area (Å²) in [4.78, 5) is 6.83. The molecule has 0 fully saturated rings. The fourth-order valence-corrected chi connectivity index (χ4v) is 2.86. The number of hydrogen-bond acceptors (Lipinski definition) is 2. The molecular formula is C17H21N3.